The predicted octanol–water partition coefficient (Wildman–Crippen LogP) is 4.77. The van der Waals surface area contributed by atoms with Gasteiger partial charge in [-0.3, -0.25) is 20.3 Å². The quantitative estimate of drug-likeness (QED) is 0.313. The molecule has 0 amide bonds. The highest BCUT2D eigenvalue weighted by Crippen LogP contribution is 2.29. The SMILES string of the molecule is Cc1cccc(C=NNc2ccc(S(=O)(=O)Nc3ccc(C)cc3C)cc2[N+](=O)[O-])c1. The lowest BCUT2D eigenvalue weighted by molar-refractivity contribution is -0.384. The molecule has 0 aromatic heterocycles. The maximum Gasteiger partial charge on any atom is 0.295 e. The molecule has 0 radical (unpaired) electrons. The van der Waals surface area contributed by atoms with Crippen LogP contribution in [0.2, 0.25) is 0 Å². The van der Waals surface area contributed by atoms with Gasteiger partial charge in [0.2, 0.25) is 0 Å². The average molecular weight is 439 g/mol. The van der Waals surface area contributed by atoms with Crippen molar-refractivity contribution in [2.75, 3.05) is 10.1 Å². The summed E-state index contributed by atoms with van der Waals surface area (Å²) < 4.78 is 28.0. The summed E-state index contributed by atoms with van der Waals surface area (Å²) in [5.41, 5.74) is 6.35. The van der Waals surface area contributed by atoms with Crippen molar-refractivity contribution < 1.29 is 13.3 Å². The van der Waals surface area contributed by atoms with Crippen LogP contribution < -0.4 is 10.1 Å². The minimum absolute atomic E-state index is 0.0827. The molecule has 3 rings (SSSR count). The van der Waals surface area contributed by atoms with E-state index in [9.17, 15) is 18.5 Å². The molecule has 0 saturated carbocycles. The number of sulfonamides is 1. The Bertz CT molecular complexity index is 1270. The fourth-order valence-corrected chi connectivity index (χ4v) is 4.13. The van der Waals surface area contributed by atoms with E-state index >= 15 is 0 Å². The second-order valence-corrected chi connectivity index (χ2v) is 8.83. The Hall–Kier alpha value is -3.72. The molecule has 0 aliphatic heterocycles. The third-order valence-electron chi connectivity index (χ3n) is 4.54. The van der Waals surface area contributed by atoms with Crippen molar-refractivity contribution in [3.63, 3.8) is 0 Å². The van der Waals surface area contributed by atoms with Crippen LogP contribution in [0, 0.1) is 30.9 Å². The van der Waals surface area contributed by atoms with E-state index in [1.54, 1.807) is 19.1 Å². The van der Waals surface area contributed by atoms with E-state index in [-0.39, 0.29) is 10.6 Å². The fourth-order valence-electron chi connectivity index (χ4n) is 2.98. The van der Waals surface area contributed by atoms with Crippen LogP contribution >= 0.6 is 0 Å². The monoisotopic (exact) mass is 438 g/mol. The molecule has 3 aromatic carbocycles. The first kappa shape index (κ1) is 22.0. The summed E-state index contributed by atoms with van der Waals surface area (Å²) in [7, 11) is -4.01. The van der Waals surface area contributed by atoms with Crippen LogP contribution in [-0.2, 0) is 10.0 Å². The van der Waals surface area contributed by atoms with Gasteiger partial charge in [0.25, 0.3) is 15.7 Å². The van der Waals surface area contributed by atoms with Gasteiger partial charge in [-0.25, -0.2) is 8.42 Å². The number of aryl methyl sites for hydroxylation is 3. The summed E-state index contributed by atoms with van der Waals surface area (Å²) in [4.78, 5) is 10.7. The molecule has 2 N–H and O–H groups in total. The van der Waals surface area contributed by atoms with Gasteiger partial charge in [-0.1, -0.05) is 47.5 Å². The van der Waals surface area contributed by atoms with Gasteiger partial charge in [0.1, 0.15) is 5.69 Å². The minimum Gasteiger partial charge on any atom is -0.279 e. The van der Waals surface area contributed by atoms with Gasteiger partial charge in [-0.05, 0) is 50.1 Å². The van der Waals surface area contributed by atoms with Crippen LogP contribution in [-0.4, -0.2) is 19.6 Å². The Morgan fingerprint density at radius 3 is 2.32 bits per heavy atom. The standard InChI is InChI=1S/C22H22N4O4S/c1-15-5-4-6-18(12-15)14-23-24-21-10-8-19(13-22(21)26(27)28)31(29,30)25-20-9-7-16(2)11-17(20)3/h4-14,24-25H,1-3H3. The zero-order valence-electron chi connectivity index (χ0n) is 17.3. The molecule has 0 heterocycles. The van der Waals surface area contributed by atoms with E-state index in [1.165, 1.54) is 18.3 Å². The van der Waals surface area contributed by atoms with Gasteiger partial charge < -0.3 is 0 Å². The van der Waals surface area contributed by atoms with E-state index in [0.29, 0.717) is 5.69 Å². The first-order valence-electron chi connectivity index (χ1n) is 9.40. The zero-order valence-corrected chi connectivity index (χ0v) is 18.1. The highest BCUT2D eigenvalue weighted by Gasteiger charge is 2.22. The van der Waals surface area contributed by atoms with E-state index in [2.05, 4.69) is 15.2 Å². The molecule has 0 spiro atoms. The Balaban J connectivity index is 1.86. The van der Waals surface area contributed by atoms with Crippen molar-refractivity contribution in [1.82, 2.24) is 0 Å². The Morgan fingerprint density at radius 2 is 1.65 bits per heavy atom. The van der Waals surface area contributed by atoms with E-state index in [1.807, 2.05) is 44.2 Å². The number of hydrazone groups is 1. The minimum atomic E-state index is -4.01. The molecular formula is C22H22N4O4S. The summed E-state index contributed by atoms with van der Waals surface area (Å²) in [5.74, 6) is 0. The third-order valence-corrected chi connectivity index (χ3v) is 5.91. The number of rotatable bonds is 7. The lowest BCUT2D eigenvalue weighted by Crippen LogP contribution is -2.14. The van der Waals surface area contributed by atoms with E-state index in [0.717, 1.165) is 28.3 Å². The average Bonchev–Trinajstić information content (AvgIpc) is 2.70. The Labute approximate surface area is 180 Å². The summed E-state index contributed by atoms with van der Waals surface area (Å²) in [6.45, 7) is 5.63. The van der Waals surface area contributed by atoms with Crippen molar-refractivity contribution in [1.29, 1.82) is 0 Å². The van der Waals surface area contributed by atoms with Gasteiger partial charge in [0.15, 0.2) is 0 Å². The molecule has 160 valence electrons. The van der Waals surface area contributed by atoms with Crippen LogP contribution in [0.5, 0.6) is 0 Å². The van der Waals surface area contributed by atoms with Crippen molar-refractivity contribution in [2.24, 2.45) is 5.10 Å². The molecule has 0 bridgehead atoms. The van der Waals surface area contributed by atoms with Crippen LogP contribution in [0.25, 0.3) is 0 Å². The number of benzene rings is 3. The molecule has 0 saturated heterocycles. The molecule has 9 heteroatoms. The lowest BCUT2D eigenvalue weighted by Gasteiger charge is -2.12. The number of hydrogen-bond acceptors (Lipinski definition) is 6. The predicted molar refractivity (Wildman–Crippen MR) is 122 cm³/mol. The molecule has 0 aliphatic rings. The van der Waals surface area contributed by atoms with Gasteiger partial charge >= 0.3 is 0 Å². The van der Waals surface area contributed by atoms with Crippen LogP contribution in [0.1, 0.15) is 22.3 Å². The fraction of sp³-hybridized carbons (Fsp3) is 0.136. The molecular weight excluding hydrogens is 416 g/mol. The number of nitrogens with zero attached hydrogens (tertiary/aromatic N) is 2. The normalized spacial score (nSPS) is 11.5. The Morgan fingerprint density at radius 1 is 0.935 bits per heavy atom. The largest absolute Gasteiger partial charge is 0.295 e. The number of nitro benzene ring substituents is 1. The summed E-state index contributed by atoms with van der Waals surface area (Å²) in [5, 5.41) is 15.6. The van der Waals surface area contributed by atoms with Crippen LogP contribution in [0.3, 0.4) is 0 Å². The number of anilines is 2. The lowest BCUT2D eigenvalue weighted by atomic mass is 10.1. The van der Waals surface area contributed by atoms with Crippen LogP contribution in [0.15, 0.2) is 70.7 Å². The maximum absolute atomic E-state index is 12.8. The van der Waals surface area contributed by atoms with E-state index in [4.69, 9.17) is 0 Å². The van der Waals surface area contributed by atoms with Gasteiger partial charge in [-0.2, -0.15) is 5.10 Å². The third kappa shape index (κ3) is 5.46. The zero-order chi connectivity index (χ0) is 22.6. The number of hydrogen-bond donors (Lipinski definition) is 2. The first-order valence-corrected chi connectivity index (χ1v) is 10.9. The molecule has 8 nitrogen and oxygen atoms in total. The highest BCUT2D eigenvalue weighted by molar-refractivity contribution is 7.92. The summed E-state index contributed by atoms with van der Waals surface area (Å²) in [6, 6.07) is 16.5. The Kier molecular flexibility index (Phi) is 6.36. The molecule has 3 aromatic rings. The number of nitro groups is 1. The molecule has 31 heavy (non-hydrogen) atoms. The summed E-state index contributed by atoms with van der Waals surface area (Å²) in [6.07, 6.45) is 1.53. The van der Waals surface area contributed by atoms with Gasteiger partial charge in [-0.15, -0.1) is 0 Å². The van der Waals surface area contributed by atoms with Gasteiger partial charge in [0.05, 0.1) is 21.7 Å². The van der Waals surface area contributed by atoms with Gasteiger partial charge in [0, 0.05) is 6.07 Å². The second-order valence-electron chi connectivity index (χ2n) is 7.14. The molecule has 0 unspecified atom stereocenters. The first-order chi connectivity index (χ1) is 14.7. The molecule has 0 atom stereocenters. The highest BCUT2D eigenvalue weighted by atomic mass is 32.2. The smallest absolute Gasteiger partial charge is 0.279 e. The van der Waals surface area contributed by atoms with Crippen molar-refractivity contribution in [3.05, 3.63) is 93.0 Å². The van der Waals surface area contributed by atoms with Crippen LogP contribution in [0.4, 0.5) is 17.1 Å². The molecule has 0 aliphatic carbocycles. The van der Waals surface area contributed by atoms with Crippen molar-refractivity contribution in [3.8, 4) is 0 Å². The van der Waals surface area contributed by atoms with Crippen molar-refractivity contribution >= 4 is 33.3 Å². The summed E-state index contributed by atoms with van der Waals surface area (Å²) >= 11 is 0. The maximum atomic E-state index is 12.8. The van der Waals surface area contributed by atoms with Crippen molar-refractivity contribution in [2.45, 2.75) is 25.7 Å². The van der Waals surface area contributed by atoms with E-state index < -0.39 is 20.6 Å². The number of nitrogens with one attached hydrogen (secondary N) is 2. The molecule has 0 fully saturated rings. The topological polar surface area (TPSA) is 114 Å². The second kappa shape index (κ2) is 8.97.